The quantitative estimate of drug-likeness (QED) is 0.935. The van der Waals surface area contributed by atoms with E-state index >= 15 is 0 Å². The number of nitrogen functional groups attached to an aromatic ring is 1. The zero-order valence-corrected chi connectivity index (χ0v) is 12.6. The van der Waals surface area contributed by atoms with Gasteiger partial charge in [0, 0.05) is 17.3 Å². The zero-order chi connectivity index (χ0) is 14.7. The van der Waals surface area contributed by atoms with E-state index in [-0.39, 0.29) is 0 Å². The molecule has 0 amide bonds. The van der Waals surface area contributed by atoms with Crippen LogP contribution in [-0.4, -0.2) is 17.1 Å². The summed E-state index contributed by atoms with van der Waals surface area (Å²) in [5.41, 5.74) is 7.62. The lowest BCUT2D eigenvalue weighted by Crippen LogP contribution is -2.03. The summed E-state index contributed by atoms with van der Waals surface area (Å²) in [5.74, 6) is 2.20. The molecule has 0 saturated carbocycles. The number of hydrogen-bond donors (Lipinski definition) is 1. The summed E-state index contributed by atoms with van der Waals surface area (Å²) in [4.78, 5) is 8.83. The van der Waals surface area contributed by atoms with Gasteiger partial charge in [-0.05, 0) is 30.5 Å². The highest BCUT2D eigenvalue weighted by Crippen LogP contribution is 2.29. The van der Waals surface area contributed by atoms with Gasteiger partial charge < -0.3 is 10.5 Å². The van der Waals surface area contributed by atoms with E-state index in [0.717, 1.165) is 17.7 Å². The van der Waals surface area contributed by atoms with Crippen LogP contribution in [0.5, 0.6) is 5.75 Å². The number of ether oxygens (including phenoxy) is 1. The maximum Gasteiger partial charge on any atom is 0.161 e. The first-order valence-corrected chi connectivity index (χ1v) is 6.84. The molecule has 0 saturated heterocycles. The molecule has 0 fully saturated rings. The number of aromatic nitrogens is 2. The zero-order valence-electron chi connectivity index (χ0n) is 11.9. The van der Waals surface area contributed by atoms with Gasteiger partial charge in [-0.15, -0.1) is 0 Å². The monoisotopic (exact) mass is 291 g/mol. The van der Waals surface area contributed by atoms with E-state index in [2.05, 4.69) is 23.8 Å². The maximum absolute atomic E-state index is 6.13. The van der Waals surface area contributed by atoms with Crippen LogP contribution in [0.1, 0.15) is 19.5 Å². The van der Waals surface area contributed by atoms with E-state index in [1.54, 1.807) is 19.2 Å². The number of benzene rings is 1. The Kier molecular flexibility index (Phi) is 4.45. The SMILES string of the molecule is COc1ccc(-c2nc(N)cc(CC(C)C)n2)cc1Cl. The van der Waals surface area contributed by atoms with Crippen molar-refractivity contribution in [2.75, 3.05) is 12.8 Å². The predicted octanol–water partition coefficient (Wildman–Crippen LogP) is 3.59. The van der Waals surface area contributed by atoms with Gasteiger partial charge in [-0.2, -0.15) is 0 Å². The molecule has 0 spiro atoms. The van der Waals surface area contributed by atoms with Crippen molar-refractivity contribution in [2.24, 2.45) is 5.92 Å². The van der Waals surface area contributed by atoms with Gasteiger partial charge in [-0.3, -0.25) is 0 Å². The van der Waals surface area contributed by atoms with Gasteiger partial charge in [0.15, 0.2) is 5.82 Å². The Morgan fingerprint density at radius 2 is 2.00 bits per heavy atom. The van der Waals surface area contributed by atoms with Crippen LogP contribution < -0.4 is 10.5 Å². The van der Waals surface area contributed by atoms with Crippen molar-refractivity contribution >= 4 is 17.4 Å². The number of rotatable bonds is 4. The minimum absolute atomic E-state index is 0.470. The molecule has 0 unspecified atom stereocenters. The molecule has 5 heteroatoms. The molecule has 1 aromatic carbocycles. The Labute approximate surface area is 124 Å². The van der Waals surface area contributed by atoms with Gasteiger partial charge in [0.05, 0.1) is 12.1 Å². The van der Waals surface area contributed by atoms with Gasteiger partial charge in [0.2, 0.25) is 0 Å². The third kappa shape index (κ3) is 3.39. The summed E-state index contributed by atoms with van der Waals surface area (Å²) >= 11 is 6.13. The van der Waals surface area contributed by atoms with Gasteiger partial charge in [0.1, 0.15) is 11.6 Å². The van der Waals surface area contributed by atoms with Gasteiger partial charge in [-0.1, -0.05) is 25.4 Å². The van der Waals surface area contributed by atoms with E-state index in [1.807, 2.05) is 12.1 Å². The molecular formula is C15H18ClN3O. The van der Waals surface area contributed by atoms with E-state index < -0.39 is 0 Å². The Morgan fingerprint density at radius 1 is 1.25 bits per heavy atom. The molecule has 0 aliphatic carbocycles. The van der Waals surface area contributed by atoms with Crippen LogP contribution in [0.25, 0.3) is 11.4 Å². The Balaban J connectivity index is 2.41. The molecule has 2 N–H and O–H groups in total. The third-order valence-corrected chi connectivity index (χ3v) is 3.12. The lowest BCUT2D eigenvalue weighted by Gasteiger charge is -2.09. The van der Waals surface area contributed by atoms with Crippen molar-refractivity contribution in [3.05, 3.63) is 35.0 Å². The number of nitrogens with two attached hydrogens (primary N) is 1. The second kappa shape index (κ2) is 6.09. The van der Waals surface area contributed by atoms with Crippen molar-refractivity contribution < 1.29 is 4.74 Å². The Hall–Kier alpha value is -1.81. The summed E-state index contributed by atoms with van der Waals surface area (Å²) < 4.78 is 5.14. The average Bonchev–Trinajstić information content (AvgIpc) is 2.37. The fraction of sp³-hybridized carbons (Fsp3) is 0.333. The van der Waals surface area contributed by atoms with Crippen LogP contribution in [-0.2, 0) is 6.42 Å². The molecule has 1 aromatic heterocycles. The summed E-state index contributed by atoms with van der Waals surface area (Å²) in [5, 5.41) is 0.529. The minimum Gasteiger partial charge on any atom is -0.495 e. The van der Waals surface area contributed by atoms with Crippen LogP contribution in [0.3, 0.4) is 0 Å². The first kappa shape index (κ1) is 14.6. The fourth-order valence-corrected chi connectivity index (χ4v) is 2.23. The van der Waals surface area contributed by atoms with E-state index in [1.165, 1.54) is 0 Å². The number of halogens is 1. The predicted molar refractivity (Wildman–Crippen MR) is 82.0 cm³/mol. The molecule has 106 valence electrons. The van der Waals surface area contributed by atoms with Gasteiger partial charge >= 0.3 is 0 Å². The van der Waals surface area contributed by atoms with Crippen LogP contribution in [0.2, 0.25) is 5.02 Å². The first-order valence-electron chi connectivity index (χ1n) is 6.47. The number of nitrogens with zero attached hydrogens (tertiary/aromatic N) is 2. The fourth-order valence-electron chi connectivity index (χ4n) is 1.98. The molecule has 4 nitrogen and oxygen atoms in total. The normalized spacial score (nSPS) is 10.8. The molecule has 0 radical (unpaired) electrons. The average molecular weight is 292 g/mol. The van der Waals surface area contributed by atoms with Crippen LogP contribution in [0.4, 0.5) is 5.82 Å². The lowest BCUT2D eigenvalue weighted by atomic mass is 10.1. The molecule has 0 bridgehead atoms. The largest absolute Gasteiger partial charge is 0.495 e. The van der Waals surface area contributed by atoms with Crippen molar-refractivity contribution in [1.29, 1.82) is 0 Å². The summed E-state index contributed by atoms with van der Waals surface area (Å²) in [7, 11) is 1.58. The summed E-state index contributed by atoms with van der Waals surface area (Å²) in [6.45, 7) is 4.28. The van der Waals surface area contributed by atoms with E-state index in [9.17, 15) is 0 Å². The first-order chi connectivity index (χ1) is 9.49. The number of anilines is 1. The van der Waals surface area contributed by atoms with Crippen molar-refractivity contribution in [3.63, 3.8) is 0 Å². The van der Waals surface area contributed by atoms with Crippen LogP contribution in [0, 0.1) is 5.92 Å². The second-order valence-corrected chi connectivity index (χ2v) is 5.46. The Morgan fingerprint density at radius 3 is 2.60 bits per heavy atom. The van der Waals surface area contributed by atoms with E-state index in [0.29, 0.717) is 28.3 Å². The van der Waals surface area contributed by atoms with Crippen LogP contribution in [0.15, 0.2) is 24.3 Å². The third-order valence-electron chi connectivity index (χ3n) is 2.83. The highest BCUT2D eigenvalue weighted by atomic mass is 35.5. The second-order valence-electron chi connectivity index (χ2n) is 5.06. The smallest absolute Gasteiger partial charge is 0.161 e. The molecule has 0 aliphatic heterocycles. The molecule has 0 atom stereocenters. The molecule has 1 heterocycles. The number of hydrogen-bond acceptors (Lipinski definition) is 4. The highest BCUT2D eigenvalue weighted by molar-refractivity contribution is 6.32. The van der Waals surface area contributed by atoms with Gasteiger partial charge in [0.25, 0.3) is 0 Å². The minimum atomic E-state index is 0.470. The van der Waals surface area contributed by atoms with Crippen molar-refractivity contribution in [2.45, 2.75) is 20.3 Å². The Bertz CT molecular complexity index is 614. The molecule has 2 aromatic rings. The molecule has 2 rings (SSSR count). The van der Waals surface area contributed by atoms with E-state index in [4.69, 9.17) is 22.1 Å². The summed E-state index contributed by atoms with van der Waals surface area (Å²) in [6.07, 6.45) is 0.865. The molecule has 0 aliphatic rings. The topological polar surface area (TPSA) is 61.0 Å². The number of methoxy groups -OCH3 is 1. The summed E-state index contributed by atoms with van der Waals surface area (Å²) in [6, 6.07) is 7.27. The van der Waals surface area contributed by atoms with Crippen molar-refractivity contribution in [1.82, 2.24) is 9.97 Å². The van der Waals surface area contributed by atoms with Crippen molar-refractivity contribution in [3.8, 4) is 17.1 Å². The van der Waals surface area contributed by atoms with Crippen LogP contribution >= 0.6 is 11.6 Å². The van der Waals surface area contributed by atoms with Gasteiger partial charge in [-0.25, -0.2) is 9.97 Å². The highest BCUT2D eigenvalue weighted by Gasteiger charge is 2.09. The standard InChI is InChI=1S/C15H18ClN3O/c1-9(2)6-11-8-14(17)19-15(18-11)10-4-5-13(20-3)12(16)7-10/h4-5,7-9H,6H2,1-3H3,(H2,17,18,19). The molecule has 20 heavy (non-hydrogen) atoms. The lowest BCUT2D eigenvalue weighted by molar-refractivity contribution is 0.415. The molecular weight excluding hydrogens is 274 g/mol. The maximum atomic E-state index is 6.13.